The molecular formula is C15H17NO. The summed E-state index contributed by atoms with van der Waals surface area (Å²) in [5.74, 6) is 0.181. The molecule has 0 spiro atoms. The molecule has 0 aliphatic rings. The SMILES string of the molecule is CC(=O)C(C)N(C)c1cccc2ccccc12. The van der Waals surface area contributed by atoms with Crippen molar-refractivity contribution in [2.24, 2.45) is 0 Å². The summed E-state index contributed by atoms with van der Waals surface area (Å²) in [6.07, 6.45) is 0. The van der Waals surface area contributed by atoms with Crippen LogP contribution in [0.5, 0.6) is 0 Å². The van der Waals surface area contributed by atoms with Gasteiger partial charge in [-0.05, 0) is 25.3 Å². The highest BCUT2D eigenvalue weighted by Gasteiger charge is 2.15. The number of Topliss-reactive ketones (excluding diaryl/α,β-unsaturated/α-hetero) is 1. The summed E-state index contributed by atoms with van der Waals surface area (Å²) in [5, 5.41) is 2.39. The average molecular weight is 227 g/mol. The zero-order valence-electron chi connectivity index (χ0n) is 10.5. The van der Waals surface area contributed by atoms with E-state index in [0.717, 1.165) is 5.69 Å². The van der Waals surface area contributed by atoms with Gasteiger partial charge in [0.25, 0.3) is 0 Å². The van der Waals surface area contributed by atoms with E-state index in [1.54, 1.807) is 6.92 Å². The first-order valence-electron chi connectivity index (χ1n) is 5.82. The largest absolute Gasteiger partial charge is 0.364 e. The van der Waals surface area contributed by atoms with Crippen molar-refractivity contribution in [3.8, 4) is 0 Å². The van der Waals surface area contributed by atoms with Crippen LogP contribution in [0.25, 0.3) is 10.8 Å². The second kappa shape index (κ2) is 4.58. The number of likely N-dealkylation sites (N-methyl/N-ethyl adjacent to an activating group) is 1. The zero-order valence-corrected chi connectivity index (χ0v) is 10.5. The van der Waals surface area contributed by atoms with Crippen molar-refractivity contribution in [1.82, 2.24) is 0 Å². The number of rotatable bonds is 3. The van der Waals surface area contributed by atoms with Gasteiger partial charge in [-0.1, -0.05) is 36.4 Å². The van der Waals surface area contributed by atoms with Crippen molar-refractivity contribution >= 4 is 22.2 Å². The number of hydrogen-bond donors (Lipinski definition) is 0. The first-order chi connectivity index (χ1) is 8.11. The van der Waals surface area contributed by atoms with Gasteiger partial charge in [0.05, 0.1) is 6.04 Å². The molecule has 0 aliphatic carbocycles. The van der Waals surface area contributed by atoms with Crippen molar-refractivity contribution in [1.29, 1.82) is 0 Å². The molecule has 17 heavy (non-hydrogen) atoms. The molecule has 2 heteroatoms. The van der Waals surface area contributed by atoms with Gasteiger partial charge < -0.3 is 4.90 Å². The Kier molecular flexibility index (Phi) is 3.14. The zero-order chi connectivity index (χ0) is 12.4. The number of hydrogen-bond acceptors (Lipinski definition) is 2. The molecule has 2 aromatic carbocycles. The van der Waals surface area contributed by atoms with Gasteiger partial charge in [0.15, 0.2) is 5.78 Å². The molecule has 0 bridgehead atoms. The molecule has 1 atom stereocenters. The fraction of sp³-hybridized carbons (Fsp3) is 0.267. The molecular weight excluding hydrogens is 210 g/mol. The molecule has 0 saturated heterocycles. The molecule has 2 rings (SSSR count). The van der Waals surface area contributed by atoms with E-state index < -0.39 is 0 Å². The summed E-state index contributed by atoms with van der Waals surface area (Å²) in [6.45, 7) is 3.57. The second-order valence-corrected chi connectivity index (χ2v) is 4.40. The van der Waals surface area contributed by atoms with Crippen molar-refractivity contribution < 1.29 is 4.79 Å². The van der Waals surface area contributed by atoms with Crippen LogP contribution in [-0.4, -0.2) is 18.9 Å². The summed E-state index contributed by atoms with van der Waals surface area (Å²) in [5.41, 5.74) is 1.10. The predicted octanol–water partition coefficient (Wildman–Crippen LogP) is 3.25. The standard InChI is InChI=1S/C15H17NO/c1-11(12(2)17)16(3)15-10-6-8-13-7-4-5-9-14(13)15/h4-11H,1-3H3. The Morgan fingerprint density at radius 3 is 2.47 bits per heavy atom. The Hall–Kier alpha value is -1.83. The number of carbonyl (C=O) groups excluding carboxylic acids is 1. The van der Waals surface area contributed by atoms with Crippen LogP contribution < -0.4 is 4.90 Å². The van der Waals surface area contributed by atoms with Crippen molar-refractivity contribution in [2.45, 2.75) is 19.9 Å². The lowest BCUT2D eigenvalue weighted by atomic mass is 10.1. The van der Waals surface area contributed by atoms with Crippen LogP contribution in [0, 0.1) is 0 Å². The van der Waals surface area contributed by atoms with Crippen molar-refractivity contribution in [3.05, 3.63) is 42.5 Å². The minimum Gasteiger partial charge on any atom is -0.364 e. The third kappa shape index (κ3) is 2.16. The normalized spacial score (nSPS) is 12.4. The summed E-state index contributed by atoms with van der Waals surface area (Å²) in [7, 11) is 1.97. The van der Waals surface area contributed by atoms with Crippen LogP contribution in [0.3, 0.4) is 0 Å². The maximum absolute atomic E-state index is 11.5. The smallest absolute Gasteiger partial charge is 0.151 e. The van der Waals surface area contributed by atoms with Crippen LogP contribution in [0.4, 0.5) is 5.69 Å². The topological polar surface area (TPSA) is 20.3 Å². The van der Waals surface area contributed by atoms with E-state index in [4.69, 9.17) is 0 Å². The van der Waals surface area contributed by atoms with Gasteiger partial charge in [0.1, 0.15) is 0 Å². The lowest BCUT2D eigenvalue weighted by molar-refractivity contribution is -0.117. The fourth-order valence-electron chi connectivity index (χ4n) is 2.00. The number of fused-ring (bicyclic) bond motifs is 1. The first kappa shape index (κ1) is 11.6. The lowest BCUT2D eigenvalue weighted by Crippen LogP contribution is -2.34. The molecule has 0 aromatic heterocycles. The molecule has 1 unspecified atom stereocenters. The Morgan fingerprint density at radius 2 is 1.76 bits per heavy atom. The van der Waals surface area contributed by atoms with E-state index >= 15 is 0 Å². The molecule has 0 saturated carbocycles. The molecule has 0 radical (unpaired) electrons. The summed E-state index contributed by atoms with van der Waals surface area (Å²) in [4.78, 5) is 13.5. The van der Waals surface area contributed by atoms with Gasteiger partial charge in [0, 0.05) is 18.1 Å². The van der Waals surface area contributed by atoms with Crippen LogP contribution in [-0.2, 0) is 4.79 Å². The van der Waals surface area contributed by atoms with Crippen LogP contribution >= 0.6 is 0 Å². The molecule has 0 N–H and O–H groups in total. The molecule has 0 amide bonds. The predicted molar refractivity (Wildman–Crippen MR) is 72.5 cm³/mol. The third-order valence-electron chi connectivity index (χ3n) is 3.32. The fourth-order valence-corrected chi connectivity index (χ4v) is 2.00. The lowest BCUT2D eigenvalue weighted by Gasteiger charge is -2.26. The Bertz CT molecular complexity index is 542. The van der Waals surface area contributed by atoms with Gasteiger partial charge in [-0.25, -0.2) is 0 Å². The van der Waals surface area contributed by atoms with E-state index in [9.17, 15) is 4.79 Å². The summed E-state index contributed by atoms with van der Waals surface area (Å²) >= 11 is 0. The summed E-state index contributed by atoms with van der Waals surface area (Å²) in [6, 6.07) is 14.3. The number of benzene rings is 2. The minimum atomic E-state index is -0.0965. The van der Waals surface area contributed by atoms with E-state index in [0.29, 0.717) is 0 Å². The van der Waals surface area contributed by atoms with Crippen molar-refractivity contribution in [2.75, 3.05) is 11.9 Å². The quantitative estimate of drug-likeness (QED) is 0.802. The summed E-state index contributed by atoms with van der Waals surface area (Å²) < 4.78 is 0. The van der Waals surface area contributed by atoms with Crippen LogP contribution in [0.2, 0.25) is 0 Å². The molecule has 0 fully saturated rings. The van der Waals surface area contributed by atoms with Gasteiger partial charge in [-0.2, -0.15) is 0 Å². The highest BCUT2D eigenvalue weighted by molar-refractivity contribution is 5.96. The number of nitrogens with zero attached hydrogens (tertiary/aromatic N) is 1. The maximum Gasteiger partial charge on any atom is 0.151 e. The van der Waals surface area contributed by atoms with E-state index in [1.807, 2.05) is 37.1 Å². The highest BCUT2D eigenvalue weighted by Crippen LogP contribution is 2.27. The average Bonchev–Trinajstić information content (AvgIpc) is 2.36. The molecule has 2 aromatic rings. The molecule has 0 aliphatic heterocycles. The van der Waals surface area contributed by atoms with E-state index in [1.165, 1.54) is 10.8 Å². The van der Waals surface area contributed by atoms with Crippen LogP contribution in [0.15, 0.2) is 42.5 Å². The van der Waals surface area contributed by atoms with Crippen molar-refractivity contribution in [3.63, 3.8) is 0 Å². The van der Waals surface area contributed by atoms with Crippen LogP contribution in [0.1, 0.15) is 13.8 Å². The minimum absolute atomic E-state index is 0.0965. The van der Waals surface area contributed by atoms with Gasteiger partial charge in [-0.15, -0.1) is 0 Å². The first-order valence-corrected chi connectivity index (χ1v) is 5.82. The van der Waals surface area contributed by atoms with Gasteiger partial charge >= 0.3 is 0 Å². The Labute approximate surface area is 102 Å². The Morgan fingerprint density at radius 1 is 1.12 bits per heavy atom. The molecule has 0 heterocycles. The van der Waals surface area contributed by atoms with Gasteiger partial charge in [0.2, 0.25) is 0 Å². The number of ketones is 1. The second-order valence-electron chi connectivity index (χ2n) is 4.40. The van der Waals surface area contributed by atoms with E-state index in [2.05, 4.69) is 24.3 Å². The highest BCUT2D eigenvalue weighted by atomic mass is 16.1. The molecule has 2 nitrogen and oxygen atoms in total. The Balaban J connectivity index is 2.52. The third-order valence-corrected chi connectivity index (χ3v) is 3.32. The monoisotopic (exact) mass is 227 g/mol. The van der Waals surface area contributed by atoms with Gasteiger partial charge in [-0.3, -0.25) is 4.79 Å². The number of carbonyl (C=O) groups is 1. The number of anilines is 1. The maximum atomic E-state index is 11.5. The molecule has 88 valence electrons. The van der Waals surface area contributed by atoms with E-state index in [-0.39, 0.29) is 11.8 Å².